The van der Waals surface area contributed by atoms with Crippen LogP contribution in [0.2, 0.25) is 0 Å². The van der Waals surface area contributed by atoms with Crippen LogP contribution < -0.4 is 9.47 Å². The molecule has 0 unspecified atom stereocenters. The predicted octanol–water partition coefficient (Wildman–Crippen LogP) is 3.57. The summed E-state index contributed by atoms with van der Waals surface area (Å²) in [5, 5.41) is 9.70. The summed E-state index contributed by atoms with van der Waals surface area (Å²) >= 11 is 0. The summed E-state index contributed by atoms with van der Waals surface area (Å²) in [6.07, 6.45) is 1.77. The largest absolute Gasteiger partial charge is 0.504 e. The number of aromatic hydroxyl groups is 1. The third kappa shape index (κ3) is 3.54. The van der Waals surface area contributed by atoms with E-state index in [1.807, 2.05) is 12.1 Å². The van der Waals surface area contributed by atoms with Crippen molar-refractivity contribution in [2.75, 3.05) is 7.11 Å². The first-order valence-corrected chi connectivity index (χ1v) is 6.82. The number of rotatable bonds is 5. The fourth-order valence-electron chi connectivity index (χ4n) is 2.10. The standard InChI is InChI=1S/C17H18O4/c1-3-6-12-7-4-5-8-14(12)17(19)21-13-9-10-16(20-2)15(18)11-13/h4-5,7-11,18H,3,6H2,1-2H3. The van der Waals surface area contributed by atoms with Gasteiger partial charge in [-0.05, 0) is 30.2 Å². The number of ether oxygens (including phenoxy) is 2. The molecule has 1 N–H and O–H groups in total. The van der Waals surface area contributed by atoms with Gasteiger partial charge < -0.3 is 14.6 Å². The second-order valence-electron chi connectivity index (χ2n) is 4.63. The van der Waals surface area contributed by atoms with Crippen LogP contribution >= 0.6 is 0 Å². The Morgan fingerprint density at radius 3 is 2.62 bits per heavy atom. The second kappa shape index (κ2) is 6.79. The lowest BCUT2D eigenvalue weighted by Crippen LogP contribution is -2.11. The van der Waals surface area contributed by atoms with Crippen molar-refractivity contribution in [3.63, 3.8) is 0 Å². The molecule has 21 heavy (non-hydrogen) atoms. The lowest BCUT2D eigenvalue weighted by Gasteiger charge is -2.10. The van der Waals surface area contributed by atoms with E-state index >= 15 is 0 Å². The molecular weight excluding hydrogens is 268 g/mol. The molecule has 0 saturated carbocycles. The van der Waals surface area contributed by atoms with Crippen LogP contribution in [0, 0.1) is 0 Å². The summed E-state index contributed by atoms with van der Waals surface area (Å²) in [6.45, 7) is 2.06. The molecule has 0 fully saturated rings. The zero-order chi connectivity index (χ0) is 15.2. The Bertz CT molecular complexity index is 634. The lowest BCUT2D eigenvalue weighted by molar-refractivity contribution is 0.0733. The molecule has 2 aromatic rings. The van der Waals surface area contributed by atoms with Gasteiger partial charge in [-0.3, -0.25) is 0 Å². The van der Waals surface area contributed by atoms with Gasteiger partial charge in [0, 0.05) is 6.07 Å². The van der Waals surface area contributed by atoms with Gasteiger partial charge in [-0.2, -0.15) is 0 Å². The van der Waals surface area contributed by atoms with Crippen molar-refractivity contribution in [2.24, 2.45) is 0 Å². The molecule has 0 aliphatic rings. The predicted molar refractivity (Wildman–Crippen MR) is 80.1 cm³/mol. The van der Waals surface area contributed by atoms with E-state index in [1.165, 1.54) is 13.2 Å². The Balaban J connectivity index is 2.20. The average Bonchev–Trinajstić information content (AvgIpc) is 2.48. The van der Waals surface area contributed by atoms with E-state index in [-0.39, 0.29) is 11.5 Å². The maximum absolute atomic E-state index is 12.2. The number of hydrogen-bond donors (Lipinski definition) is 1. The van der Waals surface area contributed by atoms with Crippen LogP contribution in [0.4, 0.5) is 0 Å². The van der Waals surface area contributed by atoms with Crippen LogP contribution in [0.15, 0.2) is 42.5 Å². The SMILES string of the molecule is CCCc1ccccc1C(=O)Oc1ccc(OC)c(O)c1. The first-order valence-electron chi connectivity index (χ1n) is 6.82. The third-order valence-electron chi connectivity index (χ3n) is 3.12. The molecule has 0 aliphatic carbocycles. The quantitative estimate of drug-likeness (QED) is 0.674. The molecule has 0 aliphatic heterocycles. The third-order valence-corrected chi connectivity index (χ3v) is 3.12. The number of methoxy groups -OCH3 is 1. The molecule has 2 aromatic carbocycles. The van der Waals surface area contributed by atoms with E-state index in [1.54, 1.807) is 24.3 Å². The Labute approximate surface area is 123 Å². The van der Waals surface area contributed by atoms with Gasteiger partial charge in [0.1, 0.15) is 5.75 Å². The summed E-state index contributed by atoms with van der Waals surface area (Å²) in [6, 6.07) is 11.9. The van der Waals surface area contributed by atoms with Gasteiger partial charge in [0.05, 0.1) is 12.7 Å². The number of phenols is 1. The molecule has 0 amide bonds. The average molecular weight is 286 g/mol. The number of benzene rings is 2. The van der Waals surface area contributed by atoms with E-state index in [0.717, 1.165) is 18.4 Å². The van der Waals surface area contributed by atoms with Crippen LogP contribution in [0.5, 0.6) is 17.2 Å². The summed E-state index contributed by atoms with van der Waals surface area (Å²) in [7, 11) is 1.46. The first kappa shape index (κ1) is 14.9. The highest BCUT2D eigenvalue weighted by Crippen LogP contribution is 2.30. The lowest BCUT2D eigenvalue weighted by atomic mass is 10.0. The number of aryl methyl sites for hydroxylation is 1. The molecule has 0 bridgehead atoms. The Kier molecular flexibility index (Phi) is 4.82. The molecule has 0 atom stereocenters. The van der Waals surface area contributed by atoms with Crippen molar-refractivity contribution < 1.29 is 19.4 Å². The van der Waals surface area contributed by atoms with Gasteiger partial charge in [-0.25, -0.2) is 4.79 Å². The molecule has 0 radical (unpaired) electrons. The maximum atomic E-state index is 12.2. The molecule has 0 heterocycles. The van der Waals surface area contributed by atoms with E-state index in [9.17, 15) is 9.90 Å². The number of carbonyl (C=O) groups is 1. The topological polar surface area (TPSA) is 55.8 Å². The van der Waals surface area contributed by atoms with Crippen molar-refractivity contribution in [1.29, 1.82) is 0 Å². The first-order chi connectivity index (χ1) is 10.2. The molecule has 4 nitrogen and oxygen atoms in total. The highest BCUT2D eigenvalue weighted by atomic mass is 16.5. The molecular formula is C17H18O4. The summed E-state index contributed by atoms with van der Waals surface area (Å²) in [5.41, 5.74) is 1.51. The van der Waals surface area contributed by atoms with Crippen molar-refractivity contribution >= 4 is 5.97 Å². The van der Waals surface area contributed by atoms with Gasteiger partial charge in [0.2, 0.25) is 0 Å². The van der Waals surface area contributed by atoms with Crippen LogP contribution in [0.1, 0.15) is 29.3 Å². The molecule has 0 aromatic heterocycles. The highest BCUT2D eigenvalue weighted by Gasteiger charge is 2.14. The fraction of sp³-hybridized carbons (Fsp3) is 0.235. The van der Waals surface area contributed by atoms with Crippen LogP contribution in [-0.4, -0.2) is 18.2 Å². The Hall–Kier alpha value is -2.49. The van der Waals surface area contributed by atoms with Crippen LogP contribution in [-0.2, 0) is 6.42 Å². The van der Waals surface area contributed by atoms with Crippen molar-refractivity contribution in [3.8, 4) is 17.2 Å². The van der Waals surface area contributed by atoms with E-state index < -0.39 is 5.97 Å². The zero-order valence-electron chi connectivity index (χ0n) is 12.1. The minimum Gasteiger partial charge on any atom is -0.504 e. The number of hydrogen-bond acceptors (Lipinski definition) is 4. The Morgan fingerprint density at radius 1 is 1.19 bits per heavy atom. The van der Waals surface area contributed by atoms with Gasteiger partial charge in [-0.1, -0.05) is 31.5 Å². The normalized spacial score (nSPS) is 10.2. The minimum atomic E-state index is -0.427. The molecule has 4 heteroatoms. The van der Waals surface area contributed by atoms with E-state index in [4.69, 9.17) is 9.47 Å². The molecule has 110 valence electrons. The van der Waals surface area contributed by atoms with Crippen molar-refractivity contribution in [1.82, 2.24) is 0 Å². The van der Waals surface area contributed by atoms with E-state index in [2.05, 4.69) is 6.92 Å². The van der Waals surface area contributed by atoms with Gasteiger partial charge in [-0.15, -0.1) is 0 Å². The molecule has 2 rings (SSSR count). The van der Waals surface area contributed by atoms with Gasteiger partial charge in [0.15, 0.2) is 11.5 Å². The molecule has 0 saturated heterocycles. The minimum absolute atomic E-state index is 0.0651. The summed E-state index contributed by atoms with van der Waals surface area (Å²) in [5.74, 6) is 0.124. The smallest absolute Gasteiger partial charge is 0.343 e. The van der Waals surface area contributed by atoms with Crippen molar-refractivity contribution in [3.05, 3.63) is 53.6 Å². The molecule has 0 spiro atoms. The zero-order valence-corrected chi connectivity index (χ0v) is 12.1. The summed E-state index contributed by atoms with van der Waals surface area (Å²) < 4.78 is 10.3. The monoisotopic (exact) mass is 286 g/mol. The Morgan fingerprint density at radius 2 is 1.95 bits per heavy atom. The number of esters is 1. The highest BCUT2D eigenvalue weighted by molar-refractivity contribution is 5.92. The van der Waals surface area contributed by atoms with Crippen molar-refractivity contribution in [2.45, 2.75) is 19.8 Å². The second-order valence-corrected chi connectivity index (χ2v) is 4.63. The number of carbonyl (C=O) groups excluding carboxylic acids is 1. The van der Waals surface area contributed by atoms with E-state index in [0.29, 0.717) is 11.3 Å². The van der Waals surface area contributed by atoms with Crippen LogP contribution in [0.3, 0.4) is 0 Å². The fourth-order valence-corrected chi connectivity index (χ4v) is 2.10. The summed E-state index contributed by atoms with van der Waals surface area (Å²) in [4.78, 5) is 12.2. The van der Waals surface area contributed by atoms with Crippen LogP contribution in [0.25, 0.3) is 0 Å². The maximum Gasteiger partial charge on any atom is 0.343 e. The van der Waals surface area contributed by atoms with Gasteiger partial charge in [0.25, 0.3) is 0 Å². The number of phenolic OH excluding ortho intramolecular Hbond substituents is 1. The van der Waals surface area contributed by atoms with Gasteiger partial charge >= 0.3 is 5.97 Å².